The summed E-state index contributed by atoms with van der Waals surface area (Å²) in [4.78, 5) is 26.9. The van der Waals surface area contributed by atoms with E-state index < -0.39 is 0 Å². The van der Waals surface area contributed by atoms with E-state index in [-0.39, 0.29) is 5.91 Å². The summed E-state index contributed by atoms with van der Waals surface area (Å²) in [5.74, 6) is 0.631. The van der Waals surface area contributed by atoms with Crippen LogP contribution in [0.1, 0.15) is 21.6 Å². The van der Waals surface area contributed by atoms with Crippen molar-refractivity contribution in [1.29, 1.82) is 0 Å². The Bertz CT molecular complexity index is 839. The van der Waals surface area contributed by atoms with Gasteiger partial charge in [-0.05, 0) is 48.4 Å². The zero-order valence-electron chi connectivity index (χ0n) is 14.7. The molecular weight excluding hydrogens is 326 g/mol. The smallest absolute Gasteiger partial charge is 0.253 e. The van der Waals surface area contributed by atoms with Crippen molar-refractivity contribution in [3.05, 3.63) is 84.1 Å². The van der Waals surface area contributed by atoms with Crippen LogP contribution in [0.4, 0.5) is 5.82 Å². The molecule has 0 atom stereocenters. The molecule has 0 aliphatic rings. The number of aromatic nitrogens is 3. The minimum atomic E-state index is -0.0256. The van der Waals surface area contributed by atoms with Crippen LogP contribution in [-0.4, -0.2) is 39.4 Å². The molecule has 0 radical (unpaired) electrons. The number of nitrogens with one attached hydrogen (secondary N) is 1. The van der Waals surface area contributed by atoms with E-state index in [1.807, 2.05) is 37.4 Å². The second kappa shape index (κ2) is 8.71. The van der Waals surface area contributed by atoms with Gasteiger partial charge in [-0.25, -0.2) is 4.98 Å². The van der Waals surface area contributed by atoms with Crippen molar-refractivity contribution in [2.24, 2.45) is 0 Å². The molecule has 0 fully saturated rings. The largest absolute Gasteiger partial charge is 0.364 e. The molecule has 0 bridgehead atoms. The number of pyridine rings is 3. The van der Waals surface area contributed by atoms with Crippen LogP contribution in [0.25, 0.3) is 0 Å². The van der Waals surface area contributed by atoms with Crippen LogP contribution < -0.4 is 5.32 Å². The lowest BCUT2D eigenvalue weighted by Crippen LogP contribution is -2.29. The average molecular weight is 347 g/mol. The van der Waals surface area contributed by atoms with E-state index in [0.29, 0.717) is 24.5 Å². The number of rotatable bonds is 7. The Balaban J connectivity index is 1.58. The molecule has 0 aromatic carbocycles. The third kappa shape index (κ3) is 4.86. The molecule has 0 aliphatic carbocycles. The van der Waals surface area contributed by atoms with Crippen LogP contribution in [0.5, 0.6) is 0 Å². The predicted molar refractivity (Wildman–Crippen MR) is 101 cm³/mol. The van der Waals surface area contributed by atoms with Crippen LogP contribution in [0.15, 0.2) is 67.3 Å². The van der Waals surface area contributed by atoms with E-state index in [0.717, 1.165) is 17.7 Å². The monoisotopic (exact) mass is 347 g/mol. The van der Waals surface area contributed by atoms with Crippen molar-refractivity contribution in [2.45, 2.75) is 13.0 Å². The first-order chi connectivity index (χ1) is 12.7. The molecule has 3 aromatic rings. The van der Waals surface area contributed by atoms with Crippen LogP contribution in [0.2, 0.25) is 0 Å². The molecule has 6 nitrogen and oxygen atoms in total. The van der Waals surface area contributed by atoms with Crippen LogP contribution in [0, 0.1) is 0 Å². The molecule has 0 spiro atoms. The lowest BCUT2D eigenvalue weighted by Gasteiger charge is -2.17. The highest BCUT2D eigenvalue weighted by Gasteiger charge is 2.12. The van der Waals surface area contributed by atoms with E-state index in [9.17, 15) is 4.79 Å². The van der Waals surface area contributed by atoms with Gasteiger partial charge in [0, 0.05) is 43.9 Å². The first-order valence-electron chi connectivity index (χ1n) is 8.46. The molecule has 0 unspecified atom stereocenters. The molecule has 3 rings (SSSR count). The van der Waals surface area contributed by atoms with Crippen molar-refractivity contribution in [3.63, 3.8) is 0 Å². The zero-order valence-corrected chi connectivity index (χ0v) is 14.7. The fourth-order valence-corrected chi connectivity index (χ4v) is 2.51. The zero-order chi connectivity index (χ0) is 18.2. The summed E-state index contributed by atoms with van der Waals surface area (Å²) in [6.45, 7) is 1.20. The number of nitrogens with zero attached hydrogens (tertiary/aromatic N) is 4. The summed E-state index contributed by atoms with van der Waals surface area (Å²) in [5, 5.41) is 3.20. The van der Waals surface area contributed by atoms with E-state index in [2.05, 4.69) is 20.3 Å². The number of hydrogen-bond acceptors (Lipinski definition) is 5. The van der Waals surface area contributed by atoms with Gasteiger partial charge in [-0.15, -0.1) is 0 Å². The van der Waals surface area contributed by atoms with Gasteiger partial charge in [0.1, 0.15) is 5.82 Å². The number of carbonyl (C=O) groups is 1. The normalized spacial score (nSPS) is 10.3. The molecule has 132 valence electrons. The number of hydrogen-bond donors (Lipinski definition) is 1. The van der Waals surface area contributed by atoms with Gasteiger partial charge in [0.2, 0.25) is 0 Å². The molecule has 0 saturated heterocycles. The number of likely N-dealkylation sites (N-methyl/N-ethyl adjacent to an activating group) is 1. The topological polar surface area (TPSA) is 71.0 Å². The SMILES string of the molecule is CN(CCc1ccncc1)C(=O)c1ccnc(NCc2ccccn2)c1. The summed E-state index contributed by atoms with van der Waals surface area (Å²) in [7, 11) is 1.81. The summed E-state index contributed by atoms with van der Waals surface area (Å²) in [6, 6.07) is 13.2. The van der Waals surface area contributed by atoms with Gasteiger partial charge in [-0.2, -0.15) is 0 Å². The first kappa shape index (κ1) is 17.5. The van der Waals surface area contributed by atoms with Crippen molar-refractivity contribution < 1.29 is 4.79 Å². The highest BCUT2D eigenvalue weighted by atomic mass is 16.2. The Hall–Kier alpha value is -3.28. The van der Waals surface area contributed by atoms with Gasteiger partial charge >= 0.3 is 0 Å². The minimum absolute atomic E-state index is 0.0256. The lowest BCUT2D eigenvalue weighted by atomic mass is 10.2. The highest BCUT2D eigenvalue weighted by Crippen LogP contribution is 2.11. The van der Waals surface area contributed by atoms with E-state index in [1.54, 1.807) is 41.8 Å². The highest BCUT2D eigenvalue weighted by molar-refractivity contribution is 5.94. The molecule has 3 aromatic heterocycles. The maximum absolute atomic E-state index is 12.6. The Morgan fingerprint density at radius 3 is 2.65 bits per heavy atom. The van der Waals surface area contributed by atoms with Gasteiger partial charge in [0.15, 0.2) is 0 Å². The van der Waals surface area contributed by atoms with Crippen LogP contribution in [0.3, 0.4) is 0 Å². The summed E-state index contributed by atoms with van der Waals surface area (Å²) in [6.07, 6.45) is 7.71. The standard InChI is InChI=1S/C20H21N5O/c1-25(13-8-16-5-10-21-11-6-16)20(26)17-7-12-23-19(14-17)24-15-18-4-2-3-9-22-18/h2-7,9-12,14H,8,13,15H2,1H3,(H,23,24). The molecule has 6 heteroatoms. The predicted octanol–water partition coefficient (Wildman–Crippen LogP) is 2.80. The molecule has 1 N–H and O–H groups in total. The number of amides is 1. The van der Waals surface area contributed by atoms with E-state index in [4.69, 9.17) is 0 Å². The average Bonchev–Trinajstić information content (AvgIpc) is 2.71. The van der Waals surface area contributed by atoms with Gasteiger partial charge in [-0.3, -0.25) is 14.8 Å². The summed E-state index contributed by atoms with van der Waals surface area (Å²) in [5.41, 5.74) is 2.69. The fraction of sp³-hybridized carbons (Fsp3) is 0.200. The van der Waals surface area contributed by atoms with Gasteiger partial charge < -0.3 is 10.2 Å². The molecular formula is C20H21N5O. The van der Waals surface area contributed by atoms with E-state index >= 15 is 0 Å². The van der Waals surface area contributed by atoms with Crippen LogP contribution in [-0.2, 0) is 13.0 Å². The first-order valence-corrected chi connectivity index (χ1v) is 8.46. The molecule has 1 amide bonds. The fourth-order valence-electron chi connectivity index (χ4n) is 2.51. The van der Waals surface area contributed by atoms with Gasteiger partial charge in [0.05, 0.1) is 12.2 Å². The van der Waals surface area contributed by atoms with Gasteiger partial charge in [-0.1, -0.05) is 6.07 Å². The van der Waals surface area contributed by atoms with Crippen molar-refractivity contribution >= 4 is 11.7 Å². The van der Waals surface area contributed by atoms with Crippen molar-refractivity contribution in [3.8, 4) is 0 Å². The maximum Gasteiger partial charge on any atom is 0.253 e. The molecule has 0 aliphatic heterocycles. The quantitative estimate of drug-likeness (QED) is 0.712. The molecule has 26 heavy (non-hydrogen) atoms. The Kier molecular flexibility index (Phi) is 5.88. The van der Waals surface area contributed by atoms with Crippen molar-refractivity contribution in [1.82, 2.24) is 19.9 Å². The van der Waals surface area contributed by atoms with Gasteiger partial charge in [0.25, 0.3) is 5.91 Å². The lowest BCUT2D eigenvalue weighted by molar-refractivity contribution is 0.0796. The second-order valence-corrected chi connectivity index (χ2v) is 5.94. The number of carbonyl (C=O) groups excluding carboxylic acids is 1. The third-order valence-electron chi connectivity index (χ3n) is 4.02. The number of anilines is 1. The third-order valence-corrected chi connectivity index (χ3v) is 4.02. The Morgan fingerprint density at radius 1 is 1.04 bits per heavy atom. The Labute approximate surface area is 153 Å². The molecule has 3 heterocycles. The maximum atomic E-state index is 12.6. The van der Waals surface area contributed by atoms with E-state index in [1.165, 1.54) is 0 Å². The molecule has 0 saturated carbocycles. The Morgan fingerprint density at radius 2 is 1.88 bits per heavy atom. The van der Waals surface area contributed by atoms with Crippen LogP contribution >= 0.6 is 0 Å². The van der Waals surface area contributed by atoms with Crippen molar-refractivity contribution in [2.75, 3.05) is 18.9 Å². The summed E-state index contributed by atoms with van der Waals surface area (Å²) >= 11 is 0. The minimum Gasteiger partial charge on any atom is -0.364 e. The second-order valence-electron chi connectivity index (χ2n) is 5.94. The summed E-state index contributed by atoms with van der Waals surface area (Å²) < 4.78 is 0.